The van der Waals surface area contributed by atoms with Crippen LogP contribution in [-0.4, -0.2) is 9.97 Å². The van der Waals surface area contributed by atoms with E-state index in [9.17, 15) is 0 Å². The molecule has 4 heteroatoms. The Bertz CT molecular complexity index is 2790. The molecular formula is C46H30N2OS. The highest BCUT2D eigenvalue weighted by molar-refractivity contribution is 7.26. The fraction of sp³-hybridized carbons (Fsp3) is 0.0435. The van der Waals surface area contributed by atoms with Crippen molar-refractivity contribution in [1.29, 1.82) is 0 Å². The van der Waals surface area contributed by atoms with E-state index in [0.717, 1.165) is 62.3 Å². The lowest BCUT2D eigenvalue weighted by Gasteiger charge is -2.17. The fourth-order valence-corrected chi connectivity index (χ4v) is 8.55. The van der Waals surface area contributed by atoms with Crippen molar-refractivity contribution in [3.8, 4) is 33.6 Å². The minimum Gasteiger partial charge on any atom is -0.455 e. The predicted octanol–water partition coefficient (Wildman–Crippen LogP) is 12.9. The van der Waals surface area contributed by atoms with Gasteiger partial charge in [-0.25, -0.2) is 9.97 Å². The summed E-state index contributed by atoms with van der Waals surface area (Å²) in [5.41, 5.74) is 10.4. The number of nitrogens with zero attached hydrogens (tertiary/aromatic N) is 2. The van der Waals surface area contributed by atoms with E-state index in [2.05, 4.69) is 158 Å². The van der Waals surface area contributed by atoms with Crippen molar-refractivity contribution < 1.29 is 4.42 Å². The number of hydrogen-bond donors (Lipinski definition) is 0. The number of para-hydroxylation sites is 1. The minimum absolute atomic E-state index is 0.0824. The second-order valence-electron chi connectivity index (χ2n) is 12.9. The van der Waals surface area contributed by atoms with Crippen LogP contribution in [0.4, 0.5) is 0 Å². The van der Waals surface area contributed by atoms with E-state index < -0.39 is 0 Å². The van der Waals surface area contributed by atoms with Gasteiger partial charge in [0.15, 0.2) is 0 Å². The Balaban J connectivity index is 1.08. The van der Waals surface area contributed by atoms with Crippen LogP contribution in [0, 0.1) is 0 Å². The maximum absolute atomic E-state index is 6.78. The van der Waals surface area contributed by atoms with E-state index >= 15 is 0 Å². The summed E-state index contributed by atoms with van der Waals surface area (Å²) in [4.78, 5) is 10.3. The lowest BCUT2D eigenvalue weighted by molar-refractivity contribution is 0.670. The summed E-state index contributed by atoms with van der Waals surface area (Å²) in [6.07, 6.45) is 7.60. The van der Waals surface area contributed by atoms with E-state index in [0.29, 0.717) is 0 Å². The Hall–Kier alpha value is -6.10. The van der Waals surface area contributed by atoms with Crippen molar-refractivity contribution in [2.75, 3.05) is 0 Å². The Kier molecular flexibility index (Phi) is 6.81. The summed E-state index contributed by atoms with van der Waals surface area (Å²) in [5.74, 6) is 0.906. The van der Waals surface area contributed by atoms with Crippen molar-refractivity contribution >= 4 is 59.0 Å². The number of aromatic nitrogens is 2. The first-order valence-corrected chi connectivity index (χ1v) is 17.8. The van der Waals surface area contributed by atoms with Gasteiger partial charge in [-0.1, -0.05) is 140 Å². The van der Waals surface area contributed by atoms with Crippen molar-refractivity contribution in [2.45, 2.75) is 12.3 Å². The number of hydrogen-bond acceptors (Lipinski definition) is 4. The van der Waals surface area contributed by atoms with E-state index in [1.54, 1.807) is 0 Å². The van der Waals surface area contributed by atoms with Crippen molar-refractivity contribution in [3.05, 3.63) is 175 Å². The molecule has 3 aromatic heterocycles. The second-order valence-corrected chi connectivity index (χ2v) is 13.9. The van der Waals surface area contributed by atoms with Gasteiger partial charge in [-0.05, 0) is 41.8 Å². The van der Waals surface area contributed by atoms with Gasteiger partial charge < -0.3 is 4.42 Å². The smallest absolute Gasteiger partial charge is 0.143 e. The molecule has 1 aliphatic rings. The molecule has 3 heterocycles. The summed E-state index contributed by atoms with van der Waals surface area (Å²) in [7, 11) is 0. The number of allylic oxidation sites excluding steroid dienone is 4. The van der Waals surface area contributed by atoms with Crippen LogP contribution in [0.2, 0.25) is 0 Å². The average molecular weight is 659 g/mol. The van der Waals surface area contributed by atoms with Crippen LogP contribution in [0.5, 0.6) is 0 Å². The summed E-state index contributed by atoms with van der Waals surface area (Å²) in [5, 5.41) is 4.79. The molecule has 0 amide bonds. The normalized spacial score (nSPS) is 14.6. The van der Waals surface area contributed by atoms with Crippen LogP contribution in [0.1, 0.15) is 23.7 Å². The maximum Gasteiger partial charge on any atom is 0.143 e. The van der Waals surface area contributed by atoms with Crippen LogP contribution < -0.4 is 0 Å². The van der Waals surface area contributed by atoms with Gasteiger partial charge in [0.05, 0.1) is 11.4 Å². The highest BCUT2D eigenvalue weighted by atomic mass is 32.1. The Morgan fingerprint density at radius 1 is 0.560 bits per heavy atom. The molecular weight excluding hydrogens is 629 g/mol. The first kappa shape index (κ1) is 28.9. The lowest BCUT2D eigenvalue weighted by atomic mass is 9.92. The molecule has 3 nitrogen and oxygen atoms in total. The molecule has 0 aliphatic heterocycles. The van der Waals surface area contributed by atoms with Crippen molar-refractivity contribution in [2.24, 2.45) is 0 Å². The van der Waals surface area contributed by atoms with Crippen molar-refractivity contribution in [3.63, 3.8) is 0 Å². The lowest BCUT2D eigenvalue weighted by Crippen LogP contribution is -2.06. The van der Waals surface area contributed by atoms with Gasteiger partial charge >= 0.3 is 0 Å². The Labute approximate surface area is 293 Å². The minimum atomic E-state index is 0.0824. The third-order valence-corrected chi connectivity index (χ3v) is 11.1. The van der Waals surface area contributed by atoms with Gasteiger partial charge in [0.2, 0.25) is 0 Å². The van der Waals surface area contributed by atoms with Gasteiger partial charge in [0.1, 0.15) is 17.0 Å². The van der Waals surface area contributed by atoms with Crippen LogP contribution in [-0.2, 0) is 0 Å². The van der Waals surface area contributed by atoms with Crippen LogP contribution >= 0.6 is 11.3 Å². The van der Waals surface area contributed by atoms with E-state index in [-0.39, 0.29) is 5.92 Å². The molecule has 9 aromatic rings. The quantitative estimate of drug-likeness (QED) is 0.185. The summed E-state index contributed by atoms with van der Waals surface area (Å²) in [6.45, 7) is 0. The van der Waals surface area contributed by atoms with Crippen molar-refractivity contribution in [1.82, 2.24) is 9.97 Å². The summed E-state index contributed by atoms with van der Waals surface area (Å²) < 4.78 is 9.36. The predicted molar refractivity (Wildman–Crippen MR) is 209 cm³/mol. The van der Waals surface area contributed by atoms with Crippen LogP contribution in [0.15, 0.2) is 168 Å². The van der Waals surface area contributed by atoms with Gasteiger partial charge in [0.25, 0.3) is 0 Å². The van der Waals surface area contributed by atoms with Gasteiger partial charge in [-0.15, -0.1) is 11.3 Å². The first-order valence-electron chi connectivity index (χ1n) is 17.0. The molecule has 1 aliphatic carbocycles. The van der Waals surface area contributed by atoms with E-state index in [4.69, 9.17) is 14.4 Å². The molecule has 0 radical (unpaired) electrons. The summed E-state index contributed by atoms with van der Waals surface area (Å²) in [6, 6.07) is 51.3. The number of furan rings is 1. The number of benzene rings is 6. The zero-order valence-electron chi connectivity index (χ0n) is 27.1. The fourth-order valence-electron chi connectivity index (χ4n) is 7.32. The zero-order valence-corrected chi connectivity index (χ0v) is 27.9. The molecule has 236 valence electrons. The van der Waals surface area contributed by atoms with Crippen LogP contribution in [0.25, 0.3) is 81.3 Å². The molecule has 0 fully saturated rings. The highest BCUT2D eigenvalue weighted by Crippen LogP contribution is 2.44. The number of rotatable bonds is 5. The Morgan fingerprint density at radius 3 is 2.06 bits per heavy atom. The number of thiophene rings is 1. The molecule has 0 saturated heterocycles. The number of fused-ring (bicyclic) bond motifs is 6. The third-order valence-electron chi connectivity index (χ3n) is 9.84. The monoisotopic (exact) mass is 658 g/mol. The molecule has 50 heavy (non-hydrogen) atoms. The van der Waals surface area contributed by atoms with Gasteiger partial charge in [-0.2, -0.15) is 0 Å². The maximum atomic E-state index is 6.78. The standard InChI is InChI=1S/C46H30N2OS/c1-3-11-29(12-4-1)30-21-23-32(24-22-30)46-47-40(31-13-5-2-6-14-31)28-41(48-46)33-25-26-34-36-16-9-17-37(44(36)49-42(34)27-33)39-19-10-18-38-35-15-7-8-20-43(35)50-45(38)39/h1-23,25-28,32H,24H2. The molecule has 10 rings (SSSR count). The van der Waals surface area contributed by atoms with E-state index in [1.165, 1.54) is 36.9 Å². The Morgan fingerprint density at radius 2 is 1.26 bits per heavy atom. The second kappa shape index (κ2) is 11.8. The molecule has 6 aromatic carbocycles. The summed E-state index contributed by atoms with van der Waals surface area (Å²) >= 11 is 1.85. The SMILES string of the molecule is C1=CC(c2nc(-c3ccccc3)cc(-c3ccc4c(c3)oc3c(-c5cccc6c5sc5ccccc56)cccc34)n2)CC=C1c1ccccc1. The largest absolute Gasteiger partial charge is 0.455 e. The first-order chi connectivity index (χ1) is 24.8. The molecule has 0 N–H and O–H groups in total. The molecule has 1 unspecified atom stereocenters. The topological polar surface area (TPSA) is 38.9 Å². The third kappa shape index (κ3) is 4.88. The van der Waals surface area contributed by atoms with E-state index in [1.807, 2.05) is 17.4 Å². The molecule has 1 atom stereocenters. The van der Waals surface area contributed by atoms with Gasteiger partial charge in [0, 0.05) is 59.1 Å². The average Bonchev–Trinajstić information content (AvgIpc) is 3.77. The molecule has 0 bridgehead atoms. The van der Waals surface area contributed by atoms with Crippen LogP contribution in [0.3, 0.4) is 0 Å². The highest BCUT2D eigenvalue weighted by Gasteiger charge is 2.20. The molecule has 0 spiro atoms. The van der Waals surface area contributed by atoms with Gasteiger partial charge in [-0.3, -0.25) is 0 Å². The molecule has 0 saturated carbocycles. The zero-order chi connectivity index (χ0) is 33.0.